The molecular weight excluding hydrogens is 224 g/mol. The van der Waals surface area contributed by atoms with E-state index in [0.717, 1.165) is 29.4 Å². The van der Waals surface area contributed by atoms with E-state index >= 15 is 0 Å². The first kappa shape index (κ1) is 11.3. The van der Waals surface area contributed by atoms with E-state index in [-0.39, 0.29) is 0 Å². The van der Waals surface area contributed by atoms with Crippen LogP contribution in [0.4, 0.5) is 0 Å². The second kappa shape index (κ2) is 4.44. The predicted molar refractivity (Wildman–Crippen MR) is 71.9 cm³/mol. The largest absolute Gasteiger partial charge is 0.397 e. The molecule has 0 bridgehead atoms. The first-order valence-corrected chi connectivity index (χ1v) is 6.51. The topological polar surface area (TPSA) is 56.2 Å². The molecule has 1 fully saturated rings. The third-order valence-corrected chi connectivity index (χ3v) is 3.73. The van der Waals surface area contributed by atoms with E-state index in [2.05, 4.69) is 16.5 Å². The van der Waals surface area contributed by atoms with Gasteiger partial charge in [-0.2, -0.15) is 0 Å². The number of hydrogen-bond donors (Lipinski definition) is 1. The van der Waals surface area contributed by atoms with E-state index in [1.807, 2.05) is 16.8 Å². The summed E-state index contributed by atoms with van der Waals surface area (Å²) in [6, 6.07) is 0. The minimum absolute atomic E-state index is 0.512. The van der Waals surface area contributed by atoms with Gasteiger partial charge in [0.25, 0.3) is 0 Å². The number of imidazole rings is 1. The van der Waals surface area contributed by atoms with Crippen molar-refractivity contribution in [2.75, 3.05) is 0 Å². The van der Waals surface area contributed by atoms with Gasteiger partial charge in [0.15, 0.2) is 5.65 Å². The molecule has 0 spiro atoms. The molecule has 1 aliphatic rings. The third-order valence-electron chi connectivity index (χ3n) is 3.73. The minimum Gasteiger partial charge on any atom is -0.397 e. The van der Waals surface area contributed by atoms with Crippen molar-refractivity contribution in [3.05, 3.63) is 36.6 Å². The third kappa shape index (κ3) is 1.98. The SMILES string of the molecule is C=C(N)c1cn2ccnc2c(CC2CCCC2)n1. The Balaban J connectivity index is 2.01. The molecule has 2 aromatic heterocycles. The maximum atomic E-state index is 5.76. The lowest BCUT2D eigenvalue weighted by Gasteiger charge is -2.11. The first-order chi connectivity index (χ1) is 8.74. The molecule has 0 aromatic carbocycles. The summed E-state index contributed by atoms with van der Waals surface area (Å²) in [5, 5.41) is 0. The Morgan fingerprint density at radius 2 is 2.22 bits per heavy atom. The lowest BCUT2D eigenvalue weighted by Crippen LogP contribution is -2.08. The number of hydrogen-bond acceptors (Lipinski definition) is 3. The van der Waals surface area contributed by atoms with Gasteiger partial charge in [0.05, 0.1) is 11.4 Å². The van der Waals surface area contributed by atoms with E-state index in [0.29, 0.717) is 5.70 Å². The molecule has 18 heavy (non-hydrogen) atoms. The number of aromatic nitrogens is 3. The Labute approximate surface area is 107 Å². The molecule has 1 saturated carbocycles. The molecule has 0 aliphatic heterocycles. The summed E-state index contributed by atoms with van der Waals surface area (Å²) in [6.07, 6.45) is 11.9. The molecule has 0 amide bonds. The van der Waals surface area contributed by atoms with Crippen molar-refractivity contribution >= 4 is 11.3 Å². The number of fused-ring (bicyclic) bond motifs is 1. The summed E-state index contributed by atoms with van der Waals surface area (Å²) < 4.78 is 1.99. The Hall–Kier alpha value is -1.84. The molecule has 0 saturated heterocycles. The van der Waals surface area contributed by atoms with E-state index in [9.17, 15) is 0 Å². The summed E-state index contributed by atoms with van der Waals surface area (Å²) in [7, 11) is 0. The second-order valence-electron chi connectivity index (χ2n) is 5.11. The normalized spacial score (nSPS) is 16.4. The van der Waals surface area contributed by atoms with Crippen molar-refractivity contribution in [1.82, 2.24) is 14.4 Å². The van der Waals surface area contributed by atoms with Gasteiger partial charge in [0.2, 0.25) is 0 Å². The van der Waals surface area contributed by atoms with Crippen LogP contribution >= 0.6 is 0 Å². The van der Waals surface area contributed by atoms with Gasteiger partial charge in [-0.25, -0.2) is 9.97 Å². The van der Waals surface area contributed by atoms with Crippen molar-refractivity contribution in [2.24, 2.45) is 11.7 Å². The van der Waals surface area contributed by atoms with Gasteiger partial charge in [-0.1, -0.05) is 32.3 Å². The molecule has 0 unspecified atom stereocenters. The Bertz CT molecular complexity index is 578. The smallest absolute Gasteiger partial charge is 0.158 e. The van der Waals surface area contributed by atoms with Gasteiger partial charge in [0, 0.05) is 18.6 Å². The minimum atomic E-state index is 0.512. The van der Waals surface area contributed by atoms with Crippen molar-refractivity contribution < 1.29 is 0 Å². The molecule has 2 N–H and O–H groups in total. The van der Waals surface area contributed by atoms with Gasteiger partial charge in [-0.05, 0) is 12.3 Å². The monoisotopic (exact) mass is 242 g/mol. The number of nitrogens with two attached hydrogens (primary N) is 1. The first-order valence-electron chi connectivity index (χ1n) is 6.51. The summed E-state index contributed by atoms with van der Waals surface area (Å²) in [5.41, 5.74) is 9.03. The fourth-order valence-electron chi connectivity index (χ4n) is 2.78. The zero-order valence-corrected chi connectivity index (χ0v) is 10.5. The van der Waals surface area contributed by atoms with Crippen LogP contribution in [0.25, 0.3) is 11.3 Å². The molecule has 1 aliphatic carbocycles. The summed E-state index contributed by atoms with van der Waals surface area (Å²) in [5.74, 6) is 0.749. The summed E-state index contributed by atoms with van der Waals surface area (Å²) >= 11 is 0. The van der Waals surface area contributed by atoms with Crippen LogP contribution in [-0.4, -0.2) is 14.4 Å². The average Bonchev–Trinajstić information content (AvgIpc) is 2.98. The number of nitrogens with zero attached hydrogens (tertiary/aromatic N) is 3. The Morgan fingerprint density at radius 3 is 2.94 bits per heavy atom. The standard InChI is InChI=1S/C14H18N4/c1-10(15)13-9-18-7-6-16-14(18)12(17-13)8-11-4-2-3-5-11/h6-7,9,11H,1-5,8,15H2. The second-order valence-corrected chi connectivity index (χ2v) is 5.11. The van der Waals surface area contributed by atoms with E-state index in [4.69, 9.17) is 5.73 Å². The quantitative estimate of drug-likeness (QED) is 0.899. The van der Waals surface area contributed by atoms with Crippen LogP contribution in [0, 0.1) is 5.92 Å². The Kier molecular flexibility index (Phi) is 2.78. The molecular formula is C14H18N4. The lowest BCUT2D eigenvalue weighted by atomic mass is 10.0. The molecule has 2 aromatic rings. The van der Waals surface area contributed by atoms with Crippen LogP contribution in [-0.2, 0) is 6.42 Å². The number of rotatable bonds is 3. The molecule has 3 rings (SSSR count). The van der Waals surface area contributed by atoms with Gasteiger partial charge in [-0.3, -0.25) is 0 Å². The lowest BCUT2D eigenvalue weighted by molar-refractivity contribution is 0.539. The van der Waals surface area contributed by atoms with Crippen LogP contribution in [0.2, 0.25) is 0 Å². The molecule has 0 atom stereocenters. The zero-order valence-electron chi connectivity index (χ0n) is 10.5. The van der Waals surface area contributed by atoms with Gasteiger partial charge < -0.3 is 10.1 Å². The molecule has 94 valence electrons. The fourth-order valence-corrected chi connectivity index (χ4v) is 2.78. The van der Waals surface area contributed by atoms with Crippen molar-refractivity contribution in [3.63, 3.8) is 0 Å². The molecule has 4 nitrogen and oxygen atoms in total. The van der Waals surface area contributed by atoms with E-state index in [1.54, 1.807) is 6.20 Å². The maximum absolute atomic E-state index is 5.76. The summed E-state index contributed by atoms with van der Waals surface area (Å²) in [4.78, 5) is 9.02. The van der Waals surface area contributed by atoms with Crippen LogP contribution < -0.4 is 5.73 Å². The highest BCUT2D eigenvalue weighted by molar-refractivity contribution is 5.58. The van der Waals surface area contributed by atoms with E-state index < -0.39 is 0 Å². The fraction of sp³-hybridized carbons (Fsp3) is 0.429. The van der Waals surface area contributed by atoms with Crippen LogP contribution in [0.5, 0.6) is 0 Å². The van der Waals surface area contributed by atoms with Gasteiger partial charge >= 0.3 is 0 Å². The summed E-state index contributed by atoms with van der Waals surface area (Å²) in [6.45, 7) is 3.77. The molecule has 2 heterocycles. The highest BCUT2D eigenvalue weighted by atomic mass is 15.0. The van der Waals surface area contributed by atoms with Crippen molar-refractivity contribution in [1.29, 1.82) is 0 Å². The molecule has 4 heteroatoms. The molecule has 0 radical (unpaired) electrons. The highest BCUT2D eigenvalue weighted by Crippen LogP contribution is 2.28. The van der Waals surface area contributed by atoms with Crippen molar-refractivity contribution in [3.8, 4) is 0 Å². The van der Waals surface area contributed by atoms with Crippen molar-refractivity contribution in [2.45, 2.75) is 32.1 Å². The Morgan fingerprint density at radius 1 is 1.44 bits per heavy atom. The van der Waals surface area contributed by atoms with Crippen LogP contribution in [0.15, 0.2) is 25.2 Å². The van der Waals surface area contributed by atoms with E-state index in [1.165, 1.54) is 25.7 Å². The average molecular weight is 242 g/mol. The van der Waals surface area contributed by atoms with Gasteiger partial charge in [0.1, 0.15) is 5.69 Å². The highest BCUT2D eigenvalue weighted by Gasteiger charge is 2.18. The zero-order chi connectivity index (χ0) is 12.5. The maximum Gasteiger partial charge on any atom is 0.158 e. The van der Waals surface area contributed by atoms with Crippen LogP contribution in [0.1, 0.15) is 37.1 Å². The predicted octanol–water partition coefficient (Wildman–Crippen LogP) is 2.39. The van der Waals surface area contributed by atoms with Crippen LogP contribution in [0.3, 0.4) is 0 Å². The van der Waals surface area contributed by atoms with Gasteiger partial charge in [-0.15, -0.1) is 0 Å².